The van der Waals surface area contributed by atoms with E-state index < -0.39 is 0 Å². The second-order valence-corrected chi connectivity index (χ2v) is 3.13. The van der Waals surface area contributed by atoms with Crippen LogP contribution in [0, 0.1) is 0 Å². The van der Waals surface area contributed by atoms with Gasteiger partial charge in [0.25, 0.3) is 0 Å². The highest BCUT2D eigenvalue weighted by Crippen LogP contribution is 2.05. The van der Waals surface area contributed by atoms with Crippen LogP contribution in [0.5, 0.6) is 0 Å². The van der Waals surface area contributed by atoms with Crippen LogP contribution < -0.4 is 4.90 Å². The summed E-state index contributed by atoms with van der Waals surface area (Å²) in [6, 6.07) is 7.69. The van der Waals surface area contributed by atoms with Gasteiger partial charge in [-0.05, 0) is 31.2 Å². The van der Waals surface area contributed by atoms with Gasteiger partial charge in [0.05, 0.1) is 14.1 Å². The maximum atomic E-state index is 10.9. The largest absolute Gasteiger partial charge is 0.307 e. The predicted octanol–water partition coefficient (Wildman–Crippen LogP) is 0.665. The second kappa shape index (κ2) is 3.50. The van der Waals surface area contributed by atoms with Gasteiger partial charge < -0.3 is 4.90 Å². The Morgan fingerprint density at radius 2 is 1.67 bits per heavy atom. The van der Waals surface area contributed by atoms with Crippen molar-refractivity contribution in [3.63, 3.8) is 0 Å². The van der Waals surface area contributed by atoms with E-state index in [0.29, 0.717) is 0 Å². The van der Waals surface area contributed by atoms with Crippen LogP contribution >= 0.6 is 0 Å². The first-order valence-corrected chi connectivity index (χ1v) is 4.03. The summed E-state index contributed by atoms with van der Waals surface area (Å²) in [4.78, 5) is 12.2. The zero-order valence-corrected chi connectivity index (χ0v) is 7.72. The molecule has 0 aliphatic rings. The molecule has 1 aromatic carbocycles. The van der Waals surface area contributed by atoms with Gasteiger partial charge in [-0.15, -0.1) is 0 Å². The van der Waals surface area contributed by atoms with E-state index in [2.05, 4.69) is 14.1 Å². The Hall–Kier alpha value is -1.15. The third-order valence-electron chi connectivity index (χ3n) is 1.87. The van der Waals surface area contributed by atoms with Gasteiger partial charge in [-0.25, -0.2) is 0 Å². The number of rotatable bonds is 2. The minimum atomic E-state index is 0.121. The van der Waals surface area contributed by atoms with E-state index in [-0.39, 0.29) is 5.78 Å². The molecule has 0 fully saturated rings. The molecule has 1 aromatic rings. The Balaban J connectivity index is 2.93. The smallest absolute Gasteiger partial charge is 0.159 e. The first kappa shape index (κ1) is 8.94. The summed E-state index contributed by atoms with van der Waals surface area (Å²) in [5.41, 5.74) is 1.97. The maximum Gasteiger partial charge on any atom is 0.159 e. The summed E-state index contributed by atoms with van der Waals surface area (Å²) in [5, 5.41) is 0. The molecule has 0 amide bonds. The van der Waals surface area contributed by atoms with Gasteiger partial charge in [0.15, 0.2) is 5.78 Å². The first-order valence-electron chi connectivity index (χ1n) is 4.03. The molecule has 64 valence electrons. The summed E-state index contributed by atoms with van der Waals surface area (Å²) < 4.78 is 0. The lowest BCUT2D eigenvalue weighted by Gasteiger charge is -2.05. The highest BCUT2D eigenvalue weighted by molar-refractivity contribution is 5.94. The topological polar surface area (TPSA) is 21.5 Å². The van der Waals surface area contributed by atoms with Crippen LogP contribution in [0.15, 0.2) is 24.3 Å². The molecule has 0 heterocycles. The standard InChI is InChI=1S/C10H13NO/c1-8(12)9-4-6-10(7-5-9)11(2)3/h4-7H,1-3H3/p+1. The molecular formula is C10H14NO+. The molecule has 0 aliphatic carbocycles. The lowest BCUT2D eigenvalue weighted by Crippen LogP contribution is -3.00. The number of carbonyl (C=O) groups is 1. The fourth-order valence-corrected chi connectivity index (χ4v) is 1.04. The molecule has 0 bridgehead atoms. The molecular weight excluding hydrogens is 150 g/mol. The zero-order valence-electron chi connectivity index (χ0n) is 7.72. The van der Waals surface area contributed by atoms with Crippen molar-refractivity contribution in [3.05, 3.63) is 29.8 Å². The Morgan fingerprint density at radius 3 is 2.00 bits per heavy atom. The summed E-state index contributed by atoms with van der Waals surface area (Å²) >= 11 is 0. The third-order valence-corrected chi connectivity index (χ3v) is 1.87. The van der Waals surface area contributed by atoms with Crippen LogP contribution in [0.25, 0.3) is 0 Å². The minimum Gasteiger partial charge on any atom is -0.307 e. The van der Waals surface area contributed by atoms with Crippen LogP contribution in [0.1, 0.15) is 17.3 Å². The number of benzene rings is 1. The van der Waals surface area contributed by atoms with E-state index in [1.54, 1.807) is 6.92 Å². The number of Topliss-reactive ketones (excluding diaryl/α,β-unsaturated/α-hetero) is 1. The highest BCUT2D eigenvalue weighted by atomic mass is 16.1. The van der Waals surface area contributed by atoms with E-state index in [9.17, 15) is 4.79 Å². The van der Waals surface area contributed by atoms with Crippen LogP contribution in [0.2, 0.25) is 0 Å². The van der Waals surface area contributed by atoms with Gasteiger partial charge in [0, 0.05) is 5.56 Å². The van der Waals surface area contributed by atoms with Crippen molar-refractivity contribution in [1.29, 1.82) is 0 Å². The Morgan fingerprint density at radius 1 is 1.17 bits per heavy atom. The van der Waals surface area contributed by atoms with Crippen molar-refractivity contribution >= 4 is 11.5 Å². The average molecular weight is 164 g/mol. The fourth-order valence-electron chi connectivity index (χ4n) is 1.04. The molecule has 1 N–H and O–H groups in total. The summed E-state index contributed by atoms with van der Waals surface area (Å²) in [5.74, 6) is 0.121. The number of nitrogens with one attached hydrogen (secondary N) is 1. The highest BCUT2D eigenvalue weighted by Gasteiger charge is 2.01. The molecule has 0 spiro atoms. The van der Waals surface area contributed by atoms with Gasteiger partial charge >= 0.3 is 0 Å². The molecule has 0 radical (unpaired) electrons. The van der Waals surface area contributed by atoms with Crippen LogP contribution in [0.3, 0.4) is 0 Å². The number of ketones is 1. The molecule has 0 unspecified atom stereocenters. The van der Waals surface area contributed by atoms with Gasteiger partial charge in [0.1, 0.15) is 5.69 Å². The summed E-state index contributed by atoms with van der Waals surface area (Å²) in [7, 11) is 4.12. The number of carbonyl (C=O) groups excluding carboxylic acids is 1. The van der Waals surface area contributed by atoms with E-state index in [0.717, 1.165) is 5.56 Å². The molecule has 0 saturated heterocycles. The first-order chi connectivity index (χ1) is 5.61. The lowest BCUT2D eigenvalue weighted by atomic mass is 10.1. The molecule has 0 saturated carbocycles. The molecule has 0 atom stereocenters. The molecule has 2 heteroatoms. The number of quaternary nitrogens is 1. The maximum absolute atomic E-state index is 10.9. The monoisotopic (exact) mass is 164 g/mol. The van der Waals surface area contributed by atoms with Crippen molar-refractivity contribution in [3.8, 4) is 0 Å². The van der Waals surface area contributed by atoms with Gasteiger partial charge in [0.2, 0.25) is 0 Å². The molecule has 0 aliphatic heterocycles. The molecule has 0 aromatic heterocycles. The van der Waals surface area contributed by atoms with Crippen molar-refractivity contribution < 1.29 is 9.69 Å². The fraction of sp³-hybridized carbons (Fsp3) is 0.300. The molecule has 1 rings (SSSR count). The van der Waals surface area contributed by atoms with Gasteiger partial charge in [-0.2, -0.15) is 0 Å². The normalized spacial score (nSPS) is 10.3. The summed E-state index contributed by atoms with van der Waals surface area (Å²) in [6.07, 6.45) is 0. The number of hydrogen-bond acceptors (Lipinski definition) is 1. The van der Waals surface area contributed by atoms with E-state index in [4.69, 9.17) is 0 Å². The van der Waals surface area contributed by atoms with E-state index in [1.165, 1.54) is 10.6 Å². The van der Waals surface area contributed by atoms with E-state index in [1.807, 2.05) is 24.3 Å². The summed E-state index contributed by atoms with van der Waals surface area (Å²) in [6.45, 7) is 1.58. The Labute approximate surface area is 72.8 Å². The van der Waals surface area contributed by atoms with Crippen molar-refractivity contribution in [2.45, 2.75) is 6.92 Å². The number of hydrogen-bond donors (Lipinski definition) is 1. The Kier molecular flexibility index (Phi) is 2.61. The van der Waals surface area contributed by atoms with Crippen LogP contribution in [0.4, 0.5) is 5.69 Å². The minimum absolute atomic E-state index is 0.121. The van der Waals surface area contributed by atoms with Crippen molar-refractivity contribution in [2.75, 3.05) is 14.1 Å². The third kappa shape index (κ3) is 1.92. The van der Waals surface area contributed by atoms with Crippen LogP contribution in [-0.4, -0.2) is 19.9 Å². The van der Waals surface area contributed by atoms with Gasteiger partial charge in [-0.3, -0.25) is 4.79 Å². The molecule has 2 nitrogen and oxygen atoms in total. The zero-order chi connectivity index (χ0) is 9.14. The van der Waals surface area contributed by atoms with E-state index >= 15 is 0 Å². The van der Waals surface area contributed by atoms with Crippen molar-refractivity contribution in [1.82, 2.24) is 0 Å². The second-order valence-electron chi connectivity index (χ2n) is 3.13. The quantitative estimate of drug-likeness (QED) is 0.637. The van der Waals surface area contributed by atoms with Crippen molar-refractivity contribution in [2.24, 2.45) is 0 Å². The van der Waals surface area contributed by atoms with Crippen LogP contribution in [-0.2, 0) is 0 Å². The average Bonchev–Trinajstić information content (AvgIpc) is 2.04. The van der Waals surface area contributed by atoms with Gasteiger partial charge in [-0.1, -0.05) is 0 Å². The SMILES string of the molecule is CC(=O)c1ccc([NH+](C)C)cc1. The lowest BCUT2D eigenvalue weighted by molar-refractivity contribution is -0.786. The predicted molar refractivity (Wildman–Crippen MR) is 48.9 cm³/mol. The molecule has 12 heavy (non-hydrogen) atoms. The Bertz CT molecular complexity index is 274.